The van der Waals surface area contributed by atoms with Gasteiger partial charge in [0.15, 0.2) is 0 Å². The number of methoxy groups -OCH3 is 1. The van der Waals surface area contributed by atoms with Crippen LogP contribution in [-0.4, -0.2) is 25.5 Å². The molecule has 144 valence electrons. The van der Waals surface area contributed by atoms with Crippen LogP contribution in [0.1, 0.15) is 52.2 Å². The largest absolute Gasteiger partial charge is 0.465 e. The van der Waals surface area contributed by atoms with Crippen LogP contribution in [0.15, 0.2) is 24.3 Å². The van der Waals surface area contributed by atoms with Gasteiger partial charge in [0.1, 0.15) is 10.8 Å². The summed E-state index contributed by atoms with van der Waals surface area (Å²) in [7, 11) is 1.35. The second-order valence-electron chi connectivity index (χ2n) is 6.61. The summed E-state index contributed by atoms with van der Waals surface area (Å²) in [4.78, 5) is 25.8. The topological polar surface area (TPSA) is 67.4 Å². The standard InChI is InChI=1S/C20H23FN2O3S/c1-12(13-7-9-14(21)10-8-13)22-11-17(24)23-19-18(20(25)26-2)15-5-3-4-6-16(15)27-19/h7-10,12,22H,3-6,11H2,1-2H3,(H,23,24). The highest BCUT2D eigenvalue weighted by Crippen LogP contribution is 2.38. The molecule has 0 radical (unpaired) electrons. The summed E-state index contributed by atoms with van der Waals surface area (Å²) >= 11 is 1.46. The molecule has 0 saturated carbocycles. The minimum atomic E-state index is -0.405. The fourth-order valence-electron chi connectivity index (χ4n) is 3.26. The minimum Gasteiger partial charge on any atom is -0.465 e. The van der Waals surface area contributed by atoms with Crippen LogP contribution < -0.4 is 10.6 Å². The number of thiophene rings is 1. The summed E-state index contributed by atoms with van der Waals surface area (Å²) < 4.78 is 17.9. The molecule has 1 aliphatic carbocycles. The van der Waals surface area contributed by atoms with E-state index in [-0.39, 0.29) is 24.3 Å². The monoisotopic (exact) mass is 390 g/mol. The van der Waals surface area contributed by atoms with Crippen molar-refractivity contribution < 1.29 is 18.7 Å². The zero-order valence-electron chi connectivity index (χ0n) is 15.4. The highest BCUT2D eigenvalue weighted by atomic mass is 32.1. The van der Waals surface area contributed by atoms with Crippen molar-refractivity contribution in [2.75, 3.05) is 19.0 Å². The van der Waals surface area contributed by atoms with E-state index in [0.717, 1.165) is 41.7 Å². The number of nitrogens with one attached hydrogen (secondary N) is 2. The first-order valence-electron chi connectivity index (χ1n) is 9.01. The number of esters is 1. The molecule has 1 aromatic heterocycles. The first kappa shape index (κ1) is 19.5. The third kappa shape index (κ3) is 4.54. The number of hydrogen-bond acceptors (Lipinski definition) is 5. The van der Waals surface area contributed by atoms with Gasteiger partial charge in [-0.2, -0.15) is 0 Å². The van der Waals surface area contributed by atoms with Gasteiger partial charge >= 0.3 is 5.97 Å². The lowest BCUT2D eigenvalue weighted by Crippen LogP contribution is -2.30. The van der Waals surface area contributed by atoms with Gasteiger partial charge in [-0.3, -0.25) is 4.79 Å². The number of hydrogen-bond donors (Lipinski definition) is 2. The van der Waals surface area contributed by atoms with Gasteiger partial charge in [-0.15, -0.1) is 11.3 Å². The number of fused-ring (bicyclic) bond motifs is 1. The van der Waals surface area contributed by atoms with Crippen molar-refractivity contribution in [3.63, 3.8) is 0 Å². The van der Waals surface area contributed by atoms with E-state index in [1.807, 2.05) is 6.92 Å². The normalized spacial score (nSPS) is 14.3. The number of carbonyl (C=O) groups excluding carboxylic acids is 2. The van der Waals surface area contributed by atoms with Crippen molar-refractivity contribution in [1.82, 2.24) is 5.32 Å². The van der Waals surface area contributed by atoms with Gasteiger partial charge in [-0.05, 0) is 55.9 Å². The van der Waals surface area contributed by atoms with Gasteiger partial charge in [0, 0.05) is 10.9 Å². The molecule has 0 spiro atoms. The first-order valence-corrected chi connectivity index (χ1v) is 9.82. The van der Waals surface area contributed by atoms with Gasteiger partial charge < -0.3 is 15.4 Å². The smallest absolute Gasteiger partial charge is 0.341 e. The van der Waals surface area contributed by atoms with Crippen LogP contribution in [-0.2, 0) is 22.4 Å². The lowest BCUT2D eigenvalue weighted by Gasteiger charge is -2.14. The van der Waals surface area contributed by atoms with E-state index in [1.54, 1.807) is 12.1 Å². The number of halogens is 1. The third-order valence-corrected chi connectivity index (χ3v) is 5.96. The molecule has 0 saturated heterocycles. The van der Waals surface area contributed by atoms with Gasteiger partial charge in [-0.25, -0.2) is 9.18 Å². The Hall–Kier alpha value is -2.25. The van der Waals surface area contributed by atoms with E-state index in [9.17, 15) is 14.0 Å². The molecule has 1 heterocycles. The van der Waals surface area contributed by atoms with Gasteiger partial charge in [0.2, 0.25) is 5.91 Å². The van der Waals surface area contributed by atoms with Crippen LogP contribution in [0.4, 0.5) is 9.39 Å². The number of amides is 1. The maximum absolute atomic E-state index is 13.0. The summed E-state index contributed by atoms with van der Waals surface area (Å²) in [6, 6.07) is 6.06. The molecule has 2 aromatic rings. The number of carbonyl (C=O) groups is 2. The lowest BCUT2D eigenvalue weighted by atomic mass is 9.95. The molecular formula is C20H23FN2O3S. The van der Waals surface area contributed by atoms with Gasteiger partial charge in [0.25, 0.3) is 0 Å². The maximum Gasteiger partial charge on any atom is 0.341 e. The van der Waals surface area contributed by atoms with Crippen molar-refractivity contribution in [2.24, 2.45) is 0 Å². The minimum absolute atomic E-state index is 0.0850. The first-order chi connectivity index (χ1) is 13.0. The van der Waals surface area contributed by atoms with E-state index >= 15 is 0 Å². The molecule has 1 aromatic carbocycles. The second-order valence-corrected chi connectivity index (χ2v) is 7.71. The second kappa shape index (κ2) is 8.63. The van der Waals surface area contributed by atoms with Crippen molar-refractivity contribution in [2.45, 2.75) is 38.6 Å². The Morgan fingerprint density at radius 3 is 2.63 bits per heavy atom. The molecule has 1 unspecified atom stereocenters. The molecule has 1 aliphatic rings. The number of benzene rings is 1. The van der Waals surface area contributed by atoms with Gasteiger partial charge in [-0.1, -0.05) is 12.1 Å². The number of rotatable bonds is 6. The molecule has 0 fully saturated rings. The Morgan fingerprint density at radius 1 is 1.22 bits per heavy atom. The number of ether oxygens (including phenoxy) is 1. The molecule has 0 aliphatic heterocycles. The van der Waals surface area contributed by atoms with Crippen LogP contribution >= 0.6 is 11.3 Å². The molecule has 7 heteroatoms. The average Bonchev–Trinajstić information content (AvgIpc) is 3.03. The summed E-state index contributed by atoms with van der Waals surface area (Å²) in [6.07, 6.45) is 3.90. The van der Waals surface area contributed by atoms with Crippen LogP contribution in [0, 0.1) is 5.82 Å². The molecule has 3 rings (SSSR count). The third-order valence-electron chi connectivity index (χ3n) is 4.75. The van der Waals surface area contributed by atoms with Crippen LogP contribution in [0.25, 0.3) is 0 Å². The van der Waals surface area contributed by atoms with Crippen molar-refractivity contribution >= 4 is 28.2 Å². The zero-order valence-corrected chi connectivity index (χ0v) is 16.2. The van der Waals surface area contributed by atoms with Crippen molar-refractivity contribution in [1.29, 1.82) is 0 Å². The molecule has 2 N–H and O–H groups in total. The highest BCUT2D eigenvalue weighted by molar-refractivity contribution is 7.17. The Kier molecular flexibility index (Phi) is 6.23. The zero-order chi connectivity index (χ0) is 19.4. The molecule has 27 heavy (non-hydrogen) atoms. The molecule has 0 bridgehead atoms. The summed E-state index contributed by atoms with van der Waals surface area (Å²) in [5, 5.41) is 6.54. The van der Waals surface area contributed by atoms with Gasteiger partial charge in [0.05, 0.1) is 19.2 Å². The fraction of sp³-hybridized carbons (Fsp3) is 0.400. The quantitative estimate of drug-likeness (QED) is 0.736. The Bertz CT molecular complexity index is 832. The predicted octanol–water partition coefficient (Wildman–Crippen LogP) is 3.84. The van der Waals surface area contributed by atoms with E-state index in [0.29, 0.717) is 10.6 Å². The number of aryl methyl sites for hydroxylation is 1. The van der Waals surface area contributed by atoms with Crippen LogP contribution in [0.2, 0.25) is 0 Å². The molecular weight excluding hydrogens is 367 g/mol. The summed E-state index contributed by atoms with van der Waals surface area (Å²) in [5.74, 6) is -0.925. The van der Waals surface area contributed by atoms with Crippen LogP contribution in [0.3, 0.4) is 0 Å². The summed E-state index contributed by atoms with van der Waals surface area (Å²) in [6.45, 7) is 1.99. The lowest BCUT2D eigenvalue weighted by molar-refractivity contribution is -0.115. The molecule has 1 amide bonds. The Labute approximate surface area is 161 Å². The van der Waals surface area contributed by atoms with E-state index in [1.165, 1.54) is 30.6 Å². The highest BCUT2D eigenvalue weighted by Gasteiger charge is 2.26. The molecule has 5 nitrogen and oxygen atoms in total. The fourth-order valence-corrected chi connectivity index (χ4v) is 4.55. The maximum atomic E-state index is 13.0. The van der Waals surface area contributed by atoms with Crippen molar-refractivity contribution in [3.05, 3.63) is 51.7 Å². The van der Waals surface area contributed by atoms with Crippen LogP contribution in [0.5, 0.6) is 0 Å². The molecule has 1 atom stereocenters. The van der Waals surface area contributed by atoms with E-state index in [2.05, 4.69) is 10.6 Å². The van der Waals surface area contributed by atoms with E-state index in [4.69, 9.17) is 4.74 Å². The predicted molar refractivity (Wildman–Crippen MR) is 104 cm³/mol. The Morgan fingerprint density at radius 2 is 1.93 bits per heavy atom. The SMILES string of the molecule is COC(=O)c1c(NC(=O)CNC(C)c2ccc(F)cc2)sc2c1CCCC2. The van der Waals surface area contributed by atoms with E-state index < -0.39 is 5.97 Å². The summed E-state index contributed by atoms with van der Waals surface area (Å²) in [5.41, 5.74) is 2.41. The average molecular weight is 390 g/mol. The van der Waals surface area contributed by atoms with Crippen molar-refractivity contribution in [3.8, 4) is 0 Å². The number of anilines is 1. The Balaban J connectivity index is 1.66.